The lowest BCUT2D eigenvalue weighted by Gasteiger charge is -2.37. The normalized spacial score (nSPS) is 27.0. The number of anilines is 1. The van der Waals surface area contributed by atoms with Crippen molar-refractivity contribution >= 4 is 23.4 Å². The Balaban J connectivity index is 1.73. The molecular weight excluding hydrogens is 494 g/mol. The van der Waals surface area contributed by atoms with Crippen molar-refractivity contribution in [3.05, 3.63) is 54.6 Å². The highest BCUT2D eigenvalue weighted by Crippen LogP contribution is 2.59. The van der Waals surface area contributed by atoms with Crippen molar-refractivity contribution in [3.63, 3.8) is 0 Å². The smallest absolute Gasteiger partial charge is 0.253 e. The number of carbonyl (C=O) groups excluding carboxylic acids is 3. The number of hydrogen-bond acceptors (Lipinski definition) is 5. The number of fused-ring (bicyclic) bond motifs is 1. The van der Waals surface area contributed by atoms with E-state index in [0.29, 0.717) is 45.3 Å². The first-order valence-corrected chi connectivity index (χ1v) is 14.2. The Labute approximate surface area is 232 Å². The van der Waals surface area contributed by atoms with E-state index < -0.39 is 23.5 Å². The fraction of sp³-hybridized carbons (Fsp3) is 0.581. The molecule has 39 heavy (non-hydrogen) atoms. The van der Waals surface area contributed by atoms with E-state index in [1.165, 1.54) is 0 Å². The average molecular weight is 538 g/mol. The van der Waals surface area contributed by atoms with Gasteiger partial charge in [-0.25, -0.2) is 0 Å². The first kappa shape index (κ1) is 29.0. The fourth-order valence-corrected chi connectivity index (χ4v) is 6.83. The molecule has 1 spiro atoms. The molecule has 0 aliphatic carbocycles. The molecule has 2 unspecified atom stereocenters. The molecule has 0 aromatic heterocycles. The number of carbonyl (C=O) groups is 3. The van der Waals surface area contributed by atoms with E-state index in [1.54, 1.807) is 33.9 Å². The summed E-state index contributed by atoms with van der Waals surface area (Å²) < 4.78 is 6.60. The van der Waals surface area contributed by atoms with E-state index in [1.807, 2.05) is 32.0 Å². The molecule has 3 saturated heterocycles. The predicted molar refractivity (Wildman–Crippen MR) is 151 cm³/mol. The standard InChI is InChI=1S/C31H43N3O5/c1-6-16-32(5)28(36)25-24-14-15-31(39-24)26(25)29(37)34(18-10-8-9-11-19-35)27(31)30(38)33(17-7-2)23-20-21(3)12-13-22(23)4/h6-7,12-13,20,24-27,35H,1-2,8-11,14-19H2,3-5H3/t24-,25+,26+,27?,31?/m1/s1. The second-order valence-corrected chi connectivity index (χ2v) is 11.3. The number of likely N-dealkylation sites (tertiary alicyclic amines) is 1. The molecule has 3 fully saturated rings. The van der Waals surface area contributed by atoms with Gasteiger partial charge in [0.1, 0.15) is 11.6 Å². The summed E-state index contributed by atoms with van der Waals surface area (Å²) in [6.07, 6.45) is 7.30. The van der Waals surface area contributed by atoms with E-state index >= 15 is 0 Å². The van der Waals surface area contributed by atoms with Crippen molar-refractivity contribution in [2.75, 3.05) is 38.2 Å². The van der Waals surface area contributed by atoms with E-state index in [0.717, 1.165) is 29.7 Å². The van der Waals surface area contributed by atoms with E-state index in [-0.39, 0.29) is 30.4 Å². The minimum absolute atomic E-state index is 0.131. The molecule has 5 atom stereocenters. The highest BCUT2D eigenvalue weighted by Gasteiger charge is 2.74. The van der Waals surface area contributed by atoms with E-state index in [2.05, 4.69) is 13.2 Å². The van der Waals surface area contributed by atoms with Crippen LogP contribution in [0.4, 0.5) is 5.69 Å². The zero-order chi connectivity index (χ0) is 28.3. The van der Waals surface area contributed by atoms with Gasteiger partial charge in [0.2, 0.25) is 11.8 Å². The van der Waals surface area contributed by atoms with Crippen LogP contribution in [0.15, 0.2) is 43.5 Å². The van der Waals surface area contributed by atoms with E-state index in [9.17, 15) is 14.4 Å². The molecule has 3 heterocycles. The maximum Gasteiger partial charge on any atom is 0.253 e. The maximum absolute atomic E-state index is 14.6. The zero-order valence-corrected chi connectivity index (χ0v) is 23.6. The van der Waals surface area contributed by atoms with Crippen LogP contribution in [-0.4, -0.2) is 83.7 Å². The highest BCUT2D eigenvalue weighted by atomic mass is 16.5. The van der Waals surface area contributed by atoms with Crippen molar-refractivity contribution < 1.29 is 24.2 Å². The Morgan fingerprint density at radius 3 is 2.54 bits per heavy atom. The number of rotatable bonds is 13. The number of aliphatic hydroxyl groups excluding tert-OH is 1. The molecule has 0 saturated carbocycles. The molecule has 1 aromatic carbocycles. The number of unbranched alkanes of at least 4 members (excludes halogenated alkanes) is 3. The van der Waals surface area contributed by atoms with Gasteiger partial charge in [-0.2, -0.15) is 0 Å². The van der Waals surface area contributed by atoms with Crippen LogP contribution < -0.4 is 4.90 Å². The lowest BCUT2D eigenvalue weighted by atomic mass is 9.70. The van der Waals surface area contributed by atoms with Crippen molar-refractivity contribution in [1.82, 2.24) is 9.80 Å². The number of hydrogen-bond donors (Lipinski definition) is 1. The SMILES string of the molecule is C=CCN(C)C(=O)[C@@H]1[C@H]2C(=O)N(CCCCCCO)C(C(=O)N(CC=C)c3cc(C)ccc3C)C23CC[C@H]1O3. The third-order valence-electron chi connectivity index (χ3n) is 8.64. The summed E-state index contributed by atoms with van der Waals surface area (Å²) in [5.41, 5.74) is 1.75. The first-order chi connectivity index (χ1) is 18.7. The molecule has 8 nitrogen and oxygen atoms in total. The molecule has 1 N–H and O–H groups in total. The van der Waals surface area contributed by atoms with Crippen LogP contribution in [0.1, 0.15) is 49.7 Å². The van der Waals surface area contributed by atoms with E-state index in [4.69, 9.17) is 9.84 Å². The second kappa shape index (κ2) is 12.0. The monoisotopic (exact) mass is 537 g/mol. The number of amides is 3. The molecular formula is C31H43N3O5. The van der Waals surface area contributed by atoms with Gasteiger partial charge in [0.25, 0.3) is 5.91 Å². The third kappa shape index (κ3) is 5.16. The summed E-state index contributed by atoms with van der Waals surface area (Å²) in [7, 11) is 1.72. The van der Waals surface area contributed by atoms with Crippen LogP contribution in [0.25, 0.3) is 0 Å². The number of aryl methyl sites for hydroxylation is 2. The minimum atomic E-state index is -1.03. The Morgan fingerprint density at radius 2 is 1.85 bits per heavy atom. The summed E-state index contributed by atoms with van der Waals surface area (Å²) in [5, 5.41) is 9.16. The zero-order valence-electron chi connectivity index (χ0n) is 23.6. The summed E-state index contributed by atoms with van der Waals surface area (Å²) in [6.45, 7) is 12.8. The molecule has 212 valence electrons. The summed E-state index contributed by atoms with van der Waals surface area (Å²) in [6, 6.07) is 5.18. The summed E-state index contributed by atoms with van der Waals surface area (Å²) in [5.74, 6) is -1.79. The number of likely N-dealkylation sites (N-methyl/N-ethyl adjacent to an activating group) is 1. The van der Waals surface area contributed by atoms with Gasteiger partial charge in [-0.3, -0.25) is 14.4 Å². The third-order valence-corrected chi connectivity index (χ3v) is 8.64. The molecule has 3 aliphatic rings. The van der Waals surface area contributed by atoms with Crippen molar-refractivity contribution in [1.29, 1.82) is 0 Å². The molecule has 3 aliphatic heterocycles. The minimum Gasteiger partial charge on any atom is -0.396 e. The lowest BCUT2D eigenvalue weighted by Crippen LogP contribution is -2.56. The maximum atomic E-state index is 14.6. The van der Waals surface area contributed by atoms with Gasteiger partial charge < -0.3 is 24.5 Å². The quantitative estimate of drug-likeness (QED) is 0.308. The molecule has 1 aromatic rings. The van der Waals surface area contributed by atoms with Gasteiger partial charge in [0, 0.05) is 39.0 Å². The molecule has 3 amide bonds. The van der Waals surface area contributed by atoms with Gasteiger partial charge in [-0.1, -0.05) is 37.1 Å². The van der Waals surface area contributed by atoms with Gasteiger partial charge in [0.05, 0.1) is 17.9 Å². The highest BCUT2D eigenvalue weighted by molar-refractivity contribution is 6.05. The first-order valence-electron chi connectivity index (χ1n) is 14.2. The largest absolute Gasteiger partial charge is 0.396 e. The number of benzene rings is 1. The number of ether oxygens (including phenoxy) is 1. The Bertz CT molecular complexity index is 1120. The average Bonchev–Trinajstić information content (AvgIpc) is 3.55. The Hall–Kier alpha value is -2.97. The van der Waals surface area contributed by atoms with Crippen LogP contribution in [0, 0.1) is 25.7 Å². The van der Waals surface area contributed by atoms with Crippen LogP contribution in [0.3, 0.4) is 0 Å². The molecule has 0 radical (unpaired) electrons. The molecule has 8 heteroatoms. The lowest BCUT2D eigenvalue weighted by molar-refractivity contribution is -0.144. The fourth-order valence-electron chi connectivity index (χ4n) is 6.83. The van der Waals surface area contributed by atoms with Crippen LogP contribution >= 0.6 is 0 Å². The number of nitrogens with zero attached hydrogens (tertiary/aromatic N) is 3. The molecule has 4 rings (SSSR count). The van der Waals surface area contributed by atoms with Crippen molar-refractivity contribution in [2.24, 2.45) is 11.8 Å². The van der Waals surface area contributed by atoms with Gasteiger partial charge in [-0.05, 0) is 56.7 Å². The van der Waals surface area contributed by atoms with Crippen molar-refractivity contribution in [3.8, 4) is 0 Å². The summed E-state index contributed by atoms with van der Waals surface area (Å²) in [4.78, 5) is 47.3. The van der Waals surface area contributed by atoms with Crippen LogP contribution in [0.5, 0.6) is 0 Å². The van der Waals surface area contributed by atoms with Gasteiger partial charge in [-0.15, -0.1) is 13.2 Å². The Kier molecular flexibility index (Phi) is 8.96. The van der Waals surface area contributed by atoms with Crippen molar-refractivity contribution in [2.45, 2.75) is 70.1 Å². The topological polar surface area (TPSA) is 90.4 Å². The van der Waals surface area contributed by atoms with Crippen LogP contribution in [-0.2, 0) is 19.1 Å². The number of aliphatic hydroxyl groups is 1. The molecule has 2 bridgehead atoms. The van der Waals surface area contributed by atoms with Gasteiger partial charge >= 0.3 is 0 Å². The summed E-state index contributed by atoms with van der Waals surface area (Å²) >= 11 is 0. The van der Waals surface area contributed by atoms with Crippen LogP contribution in [0.2, 0.25) is 0 Å². The second-order valence-electron chi connectivity index (χ2n) is 11.3. The predicted octanol–water partition coefficient (Wildman–Crippen LogP) is 3.39. The Morgan fingerprint density at radius 1 is 1.13 bits per heavy atom. The van der Waals surface area contributed by atoms with Gasteiger partial charge in [0.15, 0.2) is 0 Å².